The third kappa shape index (κ3) is 4.48. The third-order valence-corrected chi connectivity index (χ3v) is 9.43. The average molecular weight is 623 g/mol. The van der Waals surface area contributed by atoms with Crippen molar-refractivity contribution >= 4 is 34.2 Å². The molecule has 0 aliphatic carbocycles. The minimum Gasteiger partial charge on any atom is -0.203 e. The Morgan fingerprint density at radius 2 is 0.766 bits per heavy atom. The summed E-state index contributed by atoms with van der Waals surface area (Å²) in [4.78, 5) is 5.34. The van der Waals surface area contributed by atoms with E-state index in [2.05, 4.69) is 128 Å². The highest BCUT2D eigenvalue weighted by molar-refractivity contribution is 6.02. The van der Waals surface area contributed by atoms with Crippen LogP contribution in [0.4, 0.5) is 22.7 Å². The maximum Gasteiger partial charge on any atom is 0.552 e. The van der Waals surface area contributed by atoms with E-state index in [4.69, 9.17) is 0 Å². The normalized spacial score (nSPS) is 17.2. The van der Waals surface area contributed by atoms with Gasteiger partial charge in [0.15, 0.2) is 11.4 Å². The molecule has 6 aliphatic rings. The van der Waals surface area contributed by atoms with Crippen LogP contribution in [0.3, 0.4) is 0 Å². The molecule has 4 aromatic rings. The maximum atomic E-state index is 2.67. The number of nitrogens with zero attached hydrogens (tertiary/aromatic N) is 4. The number of fused-ring (bicyclic) bond motifs is 14. The average Bonchev–Trinajstić information content (AvgIpc) is 3.91. The van der Waals surface area contributed by atoms with Gasteiger partial charge in [-0.2, -0.15) is 0 Å². The van der Waals surface area contributed by atoms with Crippen molar-refractivity contribution in [2.45, 2.75) is 87.0 Å². The van der Waals surface area contributed by atoms with Crippen LogP contribution in [0.5, 0.6) is 0 Å². The molecule has 0 fully saturated rings. The molecular formula is C43H50N4+2. The second-order valence-corrected chi connectivity index (χ2v) is 11.4. The van der Waals surface area contributed by atoms with E-state index in [-0.39, 0.29) is 0 Å². The highest BCUT2D eigenvalue weighted by atomic mass is 15.7. The number of hydrogen-bond acceptors (Lipinski definition) is 2. The summed E-state index contributed by atoms with van der Waals surface area (Å²) in [6.07, 6.45) is 8.76. The first kappa shape index (κ1) is 32.2. The SMILES string of the molecule is C1=C2Cc3ccccc3N2C2(N3C(=CC4=[N+]2c2ccccc2C4)Cc2ccccc23)[N+]2=C1Cc1ccccc12.CC.CC.CC.CC. The third-order valence-electron chi connectivity index (χ3n) is 9.43. The fourth-order valence-electron chi connectivity index (χ4n) is 8.09. The fraction of sp³-hybridized carbons (Fsp3) is 0.302. The van der Waals surface area contributed by atoms with Gasteiger partial charge in [-0.1, -0.05) is 137 Å². The molecule has 0 unspecified atom stereocenters. The van der Waals surface area contributed by atoms with Gasteiger partial charge in [0.05, 0.1) is 24.2 Å². The van der Waals surface area contributed by atoms with E-state index >= 15 is 0 Å². The molecule has 0 saturated carbocycles. The van der Waals surface area contributed by atoms with Gasteiger partial charge in [-0.3, -0.25) is 0 Å². The van der Waals surface area contributed by atoms with Gasteiger partial charge < -0.3 is 0 Å². The Morgan fingerprint density at radius 3 is 1.17 bits per heavy atom. The van der Waals surface area contributed by atoms with E-state index in [0.717, 1.165) is 25.7 Å². The first-order chi connectivity index (χ1) is 23.3. The summed E-state index contributed by atoms with van der Waals surface area (Å²) in [5, 5.41) is 0. The topological polar surface area (TPSA) is 12.5 Å². The summed E-state index contributed by atoms with van der Waals surface area (Å²) in [6, 6.07) is 36.1. The van der Waals surface area contributed by atoms with Crippen molar-refractivity contribution in [3.8, 4) is 0 Å². The van der Waals surface area contributed by atoms with Gasteiger partial charge in [0.2, 0.25) is 11.4 Å². The van der Waals surface area contributed by atoms with Gasteiger partial charge in [0.1, 0.15) is 0 Å². The predicted octanol–water partition coefficient (Wildman–Crippen LogP) is 10.3. The Labute approximate surface area is 282 Å². The van der Waals surface area contributed by atoms with Gasteiger partial charge in [-0.05, 0) is 23.3 Å². The monoisotopic (exact) mass is 622 g/mol. The minimum absolute atomic E-state index is 0.642. The lowest BCUT2D eigenvalue weighted by Gasteiger charge is -2.44. The number of allylic oxidation sites excluding steroid dienone is 4. The Hall–Kier alpha value is -4.70. The van der Waals surface area contributed by atoms with E-state index in [0.29, 0.717) is 0 Å². The number of hydrogen-bond donors (Lipinski definition) is 0. The van der Waals surface area contributed by atoms with E-state index in [1.54, 1.807) is 0 Å². The summed E-state index contributed by atoms with van der Waals surface area (Å²) < 4.78 is 5.34. The largest absolute Gasteiger partial charge is 0.552 e. The highest BCUT2D eigenvalue weighted by Gasteiger charge is 2.75. The molecule has 0 amide bonds. The van der Waals surface area contributed by atoms with Crippen LogP contribution in [0.2, 0.25) is 0 Å². The summed E-state index contributed by atoms with van der Waals surface area (Å²) >= 11 is 0. The highest BCUT2D eigenvalue weighted by Crippen LogP contribution is 2.56. The first-order valence-corrected chi connectivity index (χ1v) is 18.0. The molecule has 4 nitrogen and oxygen atoms in total. The Kier molecular flexibility index (Phi) is 9.05. The molecule has 4 aromatic carbocycles. The van der Waals surface area contributed by atoms with Crippen LogP contribution in [-0.4, -0.2) is 26.5 Å². The van der Waals surface area contributed by atoms with Gasteiger partial charge in [-0.25, -0.2) is 9.80 Å². The molecule has 47 heavy (non-hydrogen) atoms. The second kappa shape index (κ2) is 13.2. The van der Waals surface area contributed by atoms with Crippen LogP contribution < -0.4 is 9.80 Å². The zero-order valence-electron chi connectivity index (χ0n) is 29.5. The lowest BCUT2D eigenvalue weighted by atomic mass is 10.1. The van der Waals surface area contributed by atoms with E-state index < -0.39 is 5.91 Å². The Morgan fingerprint density at radius 1 is 0.426 bits per heavy atom. The van der Waals surface area contributed by atoms with Crippen molar-refractivity contribution in [3.05, 3.63) is 143 Å². The fourth-order valence-corrected chi connectivity index (χ4v) is 8.09. The lowest BCUT2D eigenvalue weighted by Crippen LogP contribution is -2.73. The van der Waals surface area contributed by atoms with Crippen LogP contribution in [0.15, 0.2) is 121 Å². The number of rotatable bonds is 0. The summed E-state index contributed by atoms with van der Waals surface area (Å²) in [7, 11) is 0. The summed E-state index contributed by atoms with van der Waals surface area (Å²) in [6.45, 7) is 16.0. The lowest BCUT2D eigenvalue weighted by molar-refractivity contribution is -0.759. The molecular weight excluding hydrogens is 573 g/mol. The molecule has 0 saturated heterocycles. The molecule has 240 valence electrons. The van der Waals surface area contributed by atoms with Gasteiger partial charge in [0, 0.05) is 59.6 Å². The molecule has 0 bridgehead atoms. The first-order valence-electron chi connectivity index (χ1n) is 18.0. The zero-order chi connectivity index (χ0) is 33.3. The van der Waals surface area contributed by atoms with E-state index in [1.165, 1.54) is 67.8 Å². The molecule has 6 heterocycles. The molecule has 0 N–H and O–H groups in total. The minimum atomic E-state index is -0.642. The number of para-hydroxylation sites is 4. The molecule has 0 aromatic heterocycles. The Balaban J connectivity index is 0.000000452. The van der Waals surface area contributed by atoms with Crippen molar-refractivity contribution in [2.75, 3.05) is 9.80 Å². The molecule has 4 heteroatoms. The van der Waals surface area contributed by atoms with Crippen LogP contribution in [-0.2, 0) is 25.7 Å². The molecule has 0 radical (unpaired) electrons. The van der Waals surface area contributed by atoms with E-state index in [1.807, 2.05) is 55.4 Å². The number of anilines is 2. The van der Waals surface area contributed by atoms with Crippen LogP contribution >= 0.6 is 0 Å². The zero-order valence-corrected chi connectivity index (χ0v) is 29.5. The second-order valence-electron chi connectivity index (χ2n) is 11.4. The standard InChI is InChI=1S/C35H26N4.4C2H6/c1-5-13-31-23(9-1)17-27-21-28-18-24-10-2-6-14-32(24)37(28)35(36(27)31)38-29(19-25-11-3-7-15-33(25)38)22-30-20-26-12-4-8-16-34(26)39(30)35;4*1-2/h1-16,21-22H,17-20H2;4*1-2H3/q+2;;;;. The van der Waals surface area contributed by atoms with Crippen molar-refractivity contribution in [3.63, 3.8) is 0 Å². The van der Waals surface area contributed by atoms with Gasteiger partial charge in [-0.15, -0.1) is 0 Å². The van der Waals surface area contributed by atoms with Crippen molar-refractivity contribution in [1.82, 2.24) is 0 Å². The van der Waals surface area contributed by atoms with Crippen LogP contribution in [0.25, 0.3) is 0 Å². The summed E-state index contributed by atoms with van der Waals surface area (Å²) in [5.74, 6) is -0.642. The van der Waals surface area contributed by atoms with E-state index in [9.17, 15) is 0 Å². The predicted molar refractivity (Wildman–Crippen MR) is 200 cm³/mol. The number of benzene rings is 4. The molecule has 6 aliphatic heterocycles. The van der Waals surface area contributed by atoms with Gasteiger partial charge >= 0.3 is 5.91 Å². The van der Waals surface area contributed by atoms with Crippen molar-refractivity contribution < 1.29 is 9.15 Å². The van der Waals surface area contributed by atoms with Crippen molar-refractivity contribution in [1.29, 1.82) is 0 Å². The Bertz CT molecular complexity index is 1800. The van der Waals surface area contributed by atoms with Crippen molar-refractivity contribution in [2.24, 2.45) is 0 Å². The smallest absolute Gasteiger partial charge is 0.203 e. The molecule has 10 rings (SSSR count). The van der Waals surface area contributed by atoms with Crippen LogP contribution in [0.1, 0.15) is 77.6 Å². The van der Waals surface area contributed by atoms with Crippen LogP contribution in [0, 0.1) is 0 Å². The molecule has 1 spiro atoms. The van der Waals surface area contributed by atoms with Gasteiger partial charge in [0.25, 0.3) is 0 Å². The maximum absolute atomic E-state index is 2.67. The quantitative estimate of drug-likeness (QED) is 0.181. The molecule has 0 atom stereocenters. The summed E-state index contributed by atoms with van der Waals surface area (Å²) in [5.41, 5.74) is 16.3.